The Kier molecular flexibility index (Phi) is 7.18. The van der Waals surface area contributed by atoms with Crippen LogP contribution < -0.4 is 10.2 Å². The maximum atomic E-state index is 5.93. The van der Waals surface area contributed by atoms with Crippen LogP contribution in [0.5, 0.6) is 5.75 Å². The summed E-state index contributed by atoms with van der Waals surface area (Å²) in [6.45, 7) is 0.490. The zero-order valence-corrected chi connectivity index (χ0v) is 20.3. The van der Waals surface area contributed by atoms with Crippen molar-refractivity contribution in [2.75, 3.05) is 5.43 Å². The van der Waals surface area contributed by atoms with Crippen LogP contribution >= 0.6 is 22.9 Å². The molecule has 5 aromatic rings. The minimum atomic E-state index is 0.490. The normalized spacial score (nSPS) is 11.0. The van der Waals surface area contributed by atoms with E-state index in [0.717, 1.165) is 48.7 Å². The summed E-state index contributed by atoms with van der Waals surface area (Å²) in [6, 6.07) is 35.9. The van der Waals surface area contributed by atoms with E-state index in [4.69, 9.17) is 21.3 Å². The Bertz CT molecular complexity index is 1340. The Labute approximate surface area is 213 Å². The second-order valence-corrected chi connectivity index (χ2v) is 9.22. The zero-order chi connectivity index (χ0) is 23.9. The van der Waals surface area contributed by atoms with E-state index in [-0.39, 0.29) is 0 Å². The van der Waals surface area contributed by atoms with E-state index in [1.807, 2.05) is 84.9 Å². The highest BCUT2D eigenvalue weighted by Crippen LogP contribution is 2.38. The minimum absolute atomic E-state index is 0.490. The minimum Gasteiger partial charge on any atom is -0.489 e. The van der Waals surface area contributed by atoms with Gasteiger partial charge in [-0.1, -0.05) is 95.7 Å². The van der Waals surface area contributed by atoms with Crippen LogP contribution in [0.1, 0.15) is 11.1 Å². The number of hydrogen-bond donors (Lipinski definition) is 1. The Morgan fingerprint density at radius 1 is 0.800 bits per heavy atom. The van der Waals surface area contributed by atoms with Gasteiger partial charge >= 0.3 is 0 Å². The van der Waals surface area contributed by atoms with Crippen LogP contribution in [0.15, 0.2) is 114 Å². The lowest BCUT2D eigenvalue weighted by Gasteiger charge is -2.06. The molecule has 0 saturated carbocycles. The predicted molar refractivity (Wildman–Crippen MR) is 146 cm³/mol. The Morgan fingerprint density at radius 3 is 2.14 bits per heavy atom. The van der Waals surface area contributed by atoms with Gasteiger partial charge in [0, 0.05) is 10.6 Å². The van der Waals surface area contributed by atoms with Gasteiger partial charge in [-0.15, -0.1) is 0 Å². The van der Waals surface area contributed by atoms with E-state index in [1.165, 1.54) is 0 Å². The molecule has 0 bridgehead atoms. The van der Waals surface area contributed by atoms with Crippen molar-refractivity contribution in [1.29, 1.82) is 0 Å². The van der Waals surface area contributed by atoms with Crippen LogP contribution in [0.25, 0.3) is 21.7 Å². The average Bonchev–Trinajstić information content (AvgIpc) is 3.34. The zero-order valence-electron chi connectivity index (χ0n) is 18.8. The molecular formula is C29H22ClN3OS. The van der Waals surface area contributed by atoms with Crippen molar-refractivity contribution < 1.29 is 4.74 Å². The molecule has 4 nitrogen and oxygen atoms in total. The van der Waals surface area contributed by atoms with Gasteiger partial charge in [-0.25, -0.2) is 4.98 Å². The van der Waals surface area contributed by atoms with Crippen LogP contribution in [0.4, 0.5) is 5.13 Å². The largest absolute Gasteiger partial charge is 0.489 e. The van der Waals surface area contributed by atoms with Gasteiger partial charge in [0.1, 0.15) is 12.4 Å². The van der Waals surface area contributed by atoms with Gasteiger partial charge in [-0.05, 0) is 53.1 Å². The van der Waals surface area contributed by atoms with Gasteiger partial charge in [-0.3, -0.25) is 5.43 Å². The second kappa shape index (κ2) is 11.0. The first kappa shape index (κ1) is 22.8. The maximum Gasteiger partial charge on any atom is 0.204 e. The molecule has 35 heavy (non-hydrogen) atoms. The third-order valence-electron chi connectivity index (χ3n) is 5.28. The van der Waals surface area contributed by atoms with Crippen LogP contribution in [-0.4, -0.2) is 11.2 Å². The highest BCUT2D eigenvalue weighted by molar-refractivity contribution is 7.19. The van der Waals surface area contributed by atoms with Gasteiger partial charge in [0.15, 0.2) is 0 Å². The molecule has 0 radical (unpaired) electrons. The Hall–Kier alpha value is -3.93. The summed E-state index contributed by atoms with van der Waals surface area (Å²) < 4.78 is 5.85. The molecule has 6 heteroatoms. The monoisotopic (exact) mass is 495 g/mol. The summed E-state index contributed by atoms with van der Waals surface area (Å²) >= 11 is 7.52. The molecule has 0 unspecified atom stereocenters. The van der Waals surface area contributed by atoms with E-state index in [1.54, 1.807) is 17.6 Å². The fraction of sp³-hybridized carbons (Fsp3) is 0.0345. The highest BCUT2D eigenvalue weighted by Gasteiger charge is 2.14. The summed E-state index contributed by atoms with van der Waals surface area (Å²) in [5.41, 5.74) is 8.28. The van der Waals surface area contributed by atoms with Gasteiger partial charge in [0.25, 0.3) is 0 Å². The van der Waals surface area contributed by atoms with Crippen molar-refractivity contribution in [2.45, 2.75) is 6.61 Å². The Morgan fingerprint density at radius 2 is 1.46 bits per heavy atom. The molecule has 5 rings (SSSR count). The van der Waals surface area contributed by atoms with Gasteiger partial charge in [0.2, 0.25) is 5.13 Å². The number of thiazole rings is 1. The van der Waals surface area contributed by atoms with Crippen molar-refractivity contribution in [3.05, 3.63) is 125 Å². The lowest BCUT2D eigenvalue weighted by atomic mass is 10.1. The van der Waals surface area contributed by atoms with E-state index >= 15 is 0 Å². The van der Waals surface area contributed by atoms with E-state index in [9.17, 15) is 0 Å². The standard InChI is InChI=1S/C29H22ClN3OS/c30-25-15-11-22(12-16-25)20-34-26-17-13-21(14-18-26)19-31-33-29-32-27(23-7-3-1-4-8-23)28(35-29)24-9-5-2-6-10-24/h1-19H,20H2,(H,32,33)/b31-19-. The van der Waals surface area contributed by atoms with E-state index in [0.29, 0.717) is 6.61 Å². The first-order valence-corrected chi connectivity index (χ1v) is 12.3. The van der Waals surface area contributed by atoms with Crippen molar-refractivity contribution in [3.63, 3.8) is 0 Å². The first-order valence-electron chi connectivity index (χ1n) is 11.1. The van der Waals surface area contributed by atoms with Crippen molar-refractivity contribution in [3.8, 4) is 27.4 Å². The van der Waals surface area contributed by atoms with Crippen LogP contribution in [0, 0.1) is 0 Å². The highest BCUT2D eigenvalue weighted by atomic mass is 35.5. The van der Waals surface area contributed by atoms with Crippen LogP contribution in [0.3, 0.4) is 0 Å². The molecular weight excluding hydrogens is 474 g/mol. The molecule has 0 aliphatic rings. The predicted octanol–water partition coefficient (Wildman–Crippen LogP) is 8.16. The van der Waals surface area contributed by atoms with Crippen LogP contribution in [-0.2, 0) is 6.61 Å². The number of benzene rings is 4. The number of halogens is 1. The summed E-state index contributed by atoms with van der Waals surface area (Å²) in [5.74, 6) is 0.796. The molecule has 172 valence electrons. The molecule has 0 spiro atoms. The molecule has 0 amide bonds. The number of hydrazone groups is 1. The second-order valence-electron chi connectivity index (χ2n) is 7.78. The van der Waals surface area contributed by atoms with Crippen molar-refractivity contribution in [2.24, 2.45) is 5.10 Å². The molecule has 0 atom stereocenters. The molecule has 0 aliphatic carbocycles. The number of anilines is 1. The molecule has 4 aromatic carbocycles. The van der Waals surface area contributed by atoms with Crippen molar-refractivity contribution >= 4 is 34.3 Å². The smallest absolute Gasteiger partial charge is 0.204 e. The third-order valence-corrected chi connectivity index (χ3v) is 6.54. The van der Waals surface area contributed by atoms with Gasteiger partial charge in [-0.2, -0.15) is 5.10 Å². The Balaban J connectivity index is 1.26. The lowest BCUT2D eigenvalue weighted by molar-refractivity contribution is 0.306. The average molecular weight is 496 g/mol. The van der Waals surface area contributed by atoms with Gasteiger partial charge < -0.3 is 4.74 Å². The molecule has 0 fully saturated rings. The molecule has 1 heterocycles. The molecule has 1 aromatic heterocycles. The summed E-state index contributed by atoms with van der Waals surface area (Å²) in [6.07, 6.45) is 1.77. The number of aromatic nitrogens is 1. The molecule has 0 saturated heterocycles. The summed E-state index contributed by atoms with van der Waals surface area (Å²) in [7, 11) is 0. The third kappa shape index (κ3) is 5.96. The summed E-state index contributed by atoms with van der Waals surface area (Å²) in [5, 5.41) is 5.86. The molecule has 0 aliphatic heterocycles. The lowest BCUT2D eigenvalue weighted by Crippen LogP contribution is -1.95. The summed E-state index contributed by atoms with van der Waals surface area (Å²) in [4.78, 5) is 5.93. The number of hydrogen-bond acceptors (Lipinski definition) is 5. The maximum absolute atomic E-state index is 5.93. The fourth-order valence-electron chi connectivity index (χ4n) is 3.50. The van der Waals surface area contributed by atoms with E-state index < -0.39 is 0 Å². The van der Waals surface area contributed by atoms with Gasteiger partial charge in [0.05, 0.1) is 16.8 Å². The van der Waals surface area contributed by atoms with E-state index in [2.05, 4.69) is 34.8 Å². The number of rotatable bonds is 8. The quantitative estimate of drug-likeness (QED) is 0.174. The number of nitrogens with zero attached hydrogens (tertiary/aromatic N) is 2. The molecule has 1 N–H and O–H groups in total. The SMILES string of the molecule is Clc1ccc(COc2ccc(/C=N\Nc3nc(-c4ccccc4)c(-c4ccccc4)s3)cc2)cc1. The van der Waals surface area contributed by atoms with Crippen LogP contribution in [0.2, 0.25) is 5.02 Å². The number of ether oxygens (including phenoxy) is 1. The topological polar surface area (TPSA) is 46.5 Å². The fourth-order valence-corrected chi connectivity index (χ4v) is 4.57. The number of nitrogens with one attached hydrogen (secondary N) is 1. The first-order chi connectivity index (χ1) is 17.2. The van der Waals surface area contributed by atoms with Crippen molar-refractivity contribution in [1.82, 2.24) is 4.98 Å².